The minimum atomic E-state index is -2.12. The maximum absolute atomic E-state index is 5.00. The molecule has 0 saturated carbocycles. The van der Waals surface area contributed by atoms with E-state index in [0.717, 1.165) is 0 Å². The summed E-state index contributed by atoms with van der Waals surface area (Å²) in [5.41, 5.74) is 5.28. The molecule has 5 heteroatoms. The topological polar surface area (TPSA) is 12.4 Å². The zero-order valence-corrected chi connectivity index (χ0v) is 22.6. The molecule has 0 atom stereocenters. The van der Waals surface area contributed by atoms with Crippen LogP contribution in [0.1, 0.15) is 17.5 Å². The Morgan fingerprint density at radius 1 is 1.00 bits per heavy atom. The van der Waals surface area contributed by atoms with E-state index in [2.05, 4.69) is 84.5 Å². The number of nitrogens with zero attached hydrogens (tertiary/aromatic N) is 1. The van der Waals surface area contributed by atoms with Crippen LogP contribution in [-0.4, -0.2) is 5.20 Å². The van der Waals surface area contributed by atoms with E-state index in [9.17, 15) is 0 Å². The zero-order chi connectivity index (χ0) is 17.9. The van der Waals surface area contributed by atoms with Crippen LogP contribution >= 0.6 is 24.8 Å². The van der Waals surface area contributed by atoms with Gasteiger partial charge in [0.1, 0.15) is 0 Å². The Balaban J connectivity index is 0.00000112. The molecule has 0 fully saturated rings. The molecule has 2 aliphatic carbocycles. The third-order valence-corrected chi connectivity index (χ3v) is 41.1. The second-order valence-corrected chi connectivity index (χ2v) is 38.4. The van der Waals surface area contributed by atoms with Gasteiger partial charge in [-0.1, -0.05) is 0 Å². The van der Waals surface area contributed by atoms with Gasteiger partial charge in [-0.2, -0.15) is 0 Å². The molecule has 1 nitrogen and oxygen atoms in total. The van der Waals surface area contributed by atoms with Gasteiger partial charge >= 0.3 is 163 Å². The molecule has 5 rings (SSSR count). The Labute approximate surface area is 187 Å². The Morgan fingerprint density at radius 2 is 1.79 bits per heavy atom. The van der Waals surface area contributed by atoms with Gasteiger partial charge in [0.05, 0.1) is 0 Å². The van der Waals surface area contributed by atoms with Crippen LogP contribution in [0.4, 0.5) is 0 Å². The van der Waals surface area contributed by atoms with Gasteiger partial charge in [0.25, 0.3) is 0 Å². The van der Waals surface area contributed by atoms with Crippen molar-refractivity contribution in [3.63, 3.8) is 0 Å². The molecular formula is C23H26Cl2NSiZr. The SMILES string of the molecule is Cl.Cl.[CH3][ZrH2]([c]1cccc2c1=C1C(=Cc3ccccc31)N=2)[Si](C)(C)C1=CC=CC1. The average Bonchev–Trinajstić information content (AvgIpc) is 3.35. The fraction of sp³-hybridized carbons (Fsp3) is 0.174. The summed E-state index contributed by atoms with van der Waals surface area (Å²) in [5, 5.41) is 3.09. The molecule has 145 valence electrons. The summed E-state index contributed by atoms with van der Waals surface area (Å²) in [6.45, 7) is 5.24. The van der Waals surface area contributed by atoms with Gasteiger partial charge in [-0.3, -0.25) is 0 Å². The number of hydrogen-bond acceptors (Lipinski definition) is 1. The predicted molar refractivity (Wildman–Crippen MR) is 126 cm³/mol. The quantitative estimate of drug-likeness (QED) is 0.556. The van der Waals surface area contributed by atoms with Crippen LogP contribution in [0.5, 0.6) is 0 Å². The first-order valence-corrected chi connectivity index (χ1v) is 23.4. The molecule has 2 aromatic carbocycles. The van der Waals surface area contributed by atoms with Gasteiger partial charge in [0, 0.05) is 0 Å². The summed E-state index contributed by atoms with van der Waals surface area (Å²) >= 11 is -2.12. The average molecular weight is 507 g/mol. The summed E-state index contributed by atoms with van der Waals surface area (Å²) < 4.78 is 4.36. The fourth-order valence-corrected chi connectivity index (χ4v) is 26.8. The monoisotopic (exact) mass is 504 g/mol. The van der Waals surface area contributed by atoms with Crippen LogP contribution < -0.4 is 13.8 Å². The number of allylic oxidation sites excluding steroid dienone is 5. The predicted octanol–water partition coefficient (Wildman–Crippen LogP) is 4.10. The number of benzene rings is 2. The first kappa shape index (κ1) is 21.7. The molecule has 1 aliphatic heterocycles. The van der Waals surface area contributed by atoms with E-state index in [1.54, 1.807) is 8.47 Å². The van der Waals surface area contributed by atoms with Gasteiger partial charge in [-0.25, -0.2) is 0 Å². The Hall–Kier alpha value is -0.990. The van der Waals surface area contributed by atoms with Gasteiger partial charge in [0.15, 0.2) is 0 Å². The normalized spacial score (nSPS) is 16.1. The van der Waals surface area contributed by atoms with Crippen LogP contribution in [0.3, 0.4) is 0 Å². The van der Waals surface area contributed by atoms with Crippen LogP contribution in [0, 0.1) is 0 Å². The molecule has 0 amide bonds. The molecule has 0 unspecified atom stereocenters. The molecule has 2 aromatic rings. The van der Waals surface area contributed by atoms with Crippen LogP contribution in [0.25, 0.3) is 11.6 Å². The minimum absolute atomic E-state index is 0. The summed E-state index contributed by atoms with van der Waals surface area (Å²) in [6.07, 6.45) is 10.5. The summed E-state index contributed by atoms with van der Waals surface area (Å²) in [4.78, 5) is 5.00. The number of halogens is 2. The fourth-order valence-electron chi connectivity index (χ4n) is 4.86. The molecule has 0 aromatic heterocycles. The van der Waals surface area contributed by atoms with Crippen molar-refractivity contribution in [3.8, 4) is 0 Å². The van der Waals surface area contributed by atoms with Crippen molar-refractivity contribution in [1.29, 1.82) is 0 Å². The van der Waals surface area contributed by atoms with Crippen molar-refractivity contribution in [2.75, 3.05) is 0 Å². The maximum atomic E-state index is 5.00. The summed E-state index contributed by atoms with van der Waals surface area (Å²) in [6, 6.07) is 15.7. The van der Waals surface area contributed by atoms with Gasteiger partial charge in [-0.05, 0) is 0 Å². The van der Waals surface area contributed by atoms with Crippen LogP contribution in [-0.2, 0) is 20.9 Å². The standard InChI is InChI=1S/C15H8N.C7H11Si.CH3.2ClH.Zr.2H/c1-2-6-11-10(5-1)9-14-15(11)12-7-3-4-8-13(12)16-14;1-8(2)7-5-3-4-6-7;;;;;;/h1-6,8-9H;3-5H,6H2,1-2H3;1H3;2*1H;;;. The molecule has 28 heavy (non-hydrogen) atoms. The van der Waals surface area contributed by atoms with E-state index in [1.165, 1.54) is 39.4 Å². The molecule has 0 radical (unpaired) electrons. The summed E-state index contributed by atoms with van der Waals surface area (Å²) in [7, 11) is 0. The van der Waals surface area contributed by atoms with E-state index < -0.39 is 26.1 Å². The molecule has 3 aliphatic rings. The van der Waals surface area contributed by atoms with E-state index in [1.807, 2.05) is 0 Å². The van der Waals surface area contributed by atoms with E-state index in [4.69, 9.17) is 4.99 Å². The molecule has 0 saturated heterocycles. The molecule has 1 heterocycles. The van der Waals surface area contributed by atoms with E-state index in [-0.39, 0.29) is 24.8 Å². The molecule has 0 bridgehead atoms. The van der Waals surface area contributed by atoms with E-state index >= 15 is 0 Å². The van der Waals surface area contributed by atoms with Crippen molar-refractivity contribution in [1.82, 2.24) is 0 Å². The number of fused-ring (bicyclic) bond motifs is 4. The number of hydrogen-bond donors (Lipinski definition) is 0. The first-order chi connectivity index (χ1) is 12.6. The van der Waals surface area contributed by atoms with Gasteiger partial charge in [0.2, 0.25) is 0 Å². The van der Waals surface area contributed by atoms with Crippen LogP contribution in [0.2, 0.25) is 17.7 Å². The van der Waals surface area contributed by atoms with Gasteiger partial charge in [-0.15, -0.1) is 24.8 Å². The van der Waals surface area contributed by atoms with Gasteiger partial charge < -0.3 is 0 Å². The second-order valence-electron chi connectivity index (χ2n) is 8.51. The molecule has 0 N–H and O–H groups in total. The number of rotatable bonds is 3. The van der Waals surface area contributed by atoms with Crippen molar-refractivity contribution in [2.45, 2.75) is 24.1 Å². The Morgan fingerprint density at radius 3 is 2.54 bits per heavy atom. The van der Waals surface area contributed by atoms with E-state index in [0.29, 0.717) is 0 Å². The Kier molecular flexibility index (Phi) is 6.23. The zero-order valence-electron chi connectivity index (χ0n) is 16.5. The molecule has 0 spiro atoms. The first-order valence-electron chi connectivity index (χ1n) is 9.73. The summed E-state index contributed by atoms with van der Waals surface area (Å²) in [5.74, 6) is 0. The van der Waals surface area contributed by atoms with Crippen LogP contribution in [0.15, 0.2) is 76.6 Å². The second kappa shape index (κ2) is 8.03. The molecular weight excluding hydrogens is 480 g/mol. The van der Waals surface area contributed by atoms with Crippen molar-refractivity contribution in [2.24, 2.45) is 4.99 Å². The van der Waals surface area contributed by atoms with Crippen molar-refractivity contribution >= 4 is 44.9 Å². The van der Waals surface area contributed by atoms with Crippen molar-refractivity contribution < 1.29 is 20.9 Å². The Bertz CT molecular complexity index is 1160. The third-order valence-electron chi connectivity index (χ3n) is 6.94. The van der Waals surface area contributed by atoms with Crippen molar-refractivity contribution in [3.05, 3.63) is 93.3 Å². The third kappa shape index (κ3) is 3.21.